The van der Waals surface area contributed by atoms with Crippen LogP contribution in [0.2, 0.25) is 0 Å². The summed E-state index contributed by atoms with van der Waals surface area (Å²) in [4.78, 5) is 0. The SMILES string of the molecule is CCCNC(c1ccc(OCC)c(OCC)c1)C(F)(F)F. The lowest BCUT2D eigenvalue weighted by Crippen LogP contribution is -2.34. The van der Waals surface area contributed by atoms with Crippen molar-refractivity contribution in [3.05, 3.63) is 23.8 Å². The first-order chi connectivity index (χ1) is 9.93. The summed E-state index contributed by atoms with van der Waals surface area (Å²) in [5, 5.41) is 2.53. The van der Waals surface area contributed by atoms with E-state index in [0.717, 1.165) is 0 Å². The zero-order valence-corrected chi connectivity index (χ0v) is 12.6. The molecule has 0 spiro atoms. The van der Waals surface area contributed by atoms with Gasteiger partial charge in [0.25, 0.3) is 0 Å². The lowest BCUT2D eigenvalue weighted by Gasteiger charge is -2.23. The van der Waals surface area contributed by atoms with Crippen molar-refractivity contribution in [3.8, 4) is 11.5 Å². The van der Waals surface area contributed by atoms with Crippen LogP contribution in [0.5, 0.6) is 11.5 Å². The standard InChI is InChI=1S/C15H22F3NO2/c1-4-9-19-14(15(16,17)18)11-7-8-12(20-5-2)13(10-11)21-6-3/h7-8,10,14,19H,4-6,9H2,1-3H3. The lowest BCUT2D eigenvalue weighted by molar-refractivity contribution is -0.157. The van der Waals surface area contributed by atoms with Crippen LogP contribution in [-0.4, -0.2) is 25.9 Å². The fraction of sp³-hybridized carbons (Fsp3) is 0.600. The van der Waals surface area contributed by atoms with E-state index >= 15 is 0 Å². The molecule has 0 amide bonds. The maximum atomic E-state index is 13.2. The third kappa shape index (κ3) is 5.12. The summed E-state index contributed by atoms with van der Waals surface area (Å²) < 4.78 is 50.2. The number of ether oxygens (including phenoxy) is 2. The molecule has 1 rings (SSSR count). The Labute approximate surface area is 123 Å². The average molecular weight is 305 g/mol. The topological polar surface area (TPSA) is 30.5 Å². The Hall–Kier alpha value is -1.43. The van der Waals surface area contributed by atoms with Gasteiger partial charge in [0.05, 0.1) is 13.2 Å². The van der Waals surface area contributed by atoms with Crippen LogP contribution in [-0.2, 0) is 0 Å². The smallest absolute Gasteiger partial charge is 0.407 e. The Morgan fingerprint density at radius 2 is 1.67 bits per heavy atom. The monoisotopic (exact) mass is 305 g/mol. The molecule has 0 saturated heterocycles. The van der Waals surface area contributed by atoms with Gasteiger partial charge in [-0.25, -0.2) is 0 Å². The van der Waals surface area contributed by atoms with E-state index in [1.54, 1.807) is 6.92 Å². The summed E-state index contributed by atoms with van der Waals surface area (Å²) in [7, 11) is 0. The second-order valence-electron chi connectivity index (χ2n) is 4.50. The average Bonchev–Trinajstić information content (AvgIpc) is 2.41. The molecule has 1 aromatic rings. The van der Waals surface area contributed by atoms with Crippen LogP contribution in [0, 0.1) is 0 Å². The molecule has 0 saturated carbocycles. The molecule has 21 heavy (non-hydrogen) atoms. The molecular weight excluding hydrogens is 283 g/mol. The summed E-state index contributed by atoms with van der Waals surface area (Å²) >= 11 is 0. The van der Waals surface area contributed by atoms with E-state index in [2.05, 4.69) is 5.32 Å². The molecule has 0 bridgehead atoms. The van der Waals surface area contributed by atoms with Crippen molar-refractivity contribution in [2.45, 2.75) is 39.4 Å². The summed E-state index contributed by atoms with van der Waals surface area (Å²) in [5.41, 5.74) is 0.128. The molecule has 3 nitrogen and oxygen atoms in total. The zero-order chi connectivity index (χ0) is 15.9. The van der Waals surface area contributed by atoms with E-state index in [1.807, 2.05) is 13.8 Å². The number of rotatable bonds is 8. The fourth-order valence-electron chi connectivity index (χ4n) is 1.96. The summed E-state index contributed by atoms with van der Waals surface area (Å²) in [6, 6.07) is 2.65. The number of hydrogen-bond donors (Lipinski definition) is 1. The van der Waals surface area contributed by atoms with Crippen molar-refractivity contribution >= 4 is 0 Å². The van der Waals surface area contributed by atoms with E-state index in [0.29, 0.717) is 37.7 Å². The Balaban J connectivity index is 3.10. The van der Waals surface area contributed by atoms with Gasteiger partial charge in [0.15, 0.2) is 11.5 Å². The minimum Gasteiger partial charge on any atom is -0.490 e. The normalized spacial score (nSPS) is 13.0. The third-order valence-electron chi connectivity index (χ3n) is 2.83. The molecule has 0 aliphatic heterocycles. The maximum absolute atomic E-state index is 13.2. The number of halogens is 3. The summed E-state index contributed by atoms with van der Waals surface area (Å²) in [5.74, 6) is 0.795. The van der Waals surface area contributed by atoms with Gasteiger partial charge < -0.3 is 14.8 Å². The van der Waals surface area contributed by atoms with Gasteiger partial charge in [-0.2, -0.15) is 13.2 Å². The third-order valence-corrected chi connectivity index (χ3v) is 2.83. The van der Waals surface area contributed by atoms with Crippen LogP contribution in [0.3, 0.4) is 0 Å². The first kappa shape index (κ1) is 17.6. The summed E-state index contributed by atoms with van der Waals surface area (Å²) in [6.07, 6.45) is -3.73. The number of benzene rings is 1. The van der Waals surface area contributed by atoms with Crippen molar-refractivity contribution in [3.63, 3.8) is 0 Å². The van der Waals surface area contributed by atoms with Crippen molar-refractivity contribution in [2.75, 3.05) is 19.8 Å². The molecule has 6 heteroatoms. The number of nitrogens with one attached hydrogen (secondary N) is 1. The molecule has 1 atom stereocenters. The van der Waals surface area contributed by atoms with E-state index in [4.69, 9.17) is 9.47 Å². The van der Waals surface area contributed by atoms with Crippen molar-refractivity contribution in [1.82, 2.24) is 5.32 Å². The molecule has 0 aliphatic carbocycles. The van der Waals surface area contributed by atoms with E-state index < -0.39 is 12.2 Å². The molecule has 0 fully saturated rings. The van der Waals surface area contributed by atoms with Crippen LogP contribution < -0.4 is 14.8 Å². The van der Waals surface area contributed by atoms with Crippen LogP contribution in [0.1, 0.15) is 38.8 Å². The molecule has 0 aliphatic rings. The van der Waals surface area contributed by atoms with Gasteiger partial charge in [-0.1, -0.05) is 13.0 Å². The second-order valence-corrected chi connectivity index (χ2v) is 4.50. The molecule has 0 aromatic heterocycles. The highest BCUT2D eigenvalue weighted by Gasteiger charge is 2.40. The first-order valence-electron chi connectivity index (χ1n) is 7.13. The first-order valence-corrected chi connectivity index (χ1v) is 7.13. The Bertz CT molecular complexity index is 435. The number of hydrogen-bond acceptors (Lipinski definition) is 3. The highest BCUT2D eigenvalue weighted by molar-refractivity contribution is 5.44. The Morgan fingerprint density at radius 1 is 1.05 bits per heavy atom. The largest absolute Gasteiger partial charge is 0.490 e. The van der Waals surface area contributed by atoms with Crippen molar-refractivity contribution in [1.29, 1.82) is 0 Å². The van der Waals surface area contributed by atoms with Crippen LogP contribution in [0.15, 0.2) is 18.2 Å². The van der Waals surface area contributed by atoms with Crippen molar-refractivity contribution < 1.29 is 22.6 Å². The summed E-state index contributed by atoms with van der Waals surface area (Å²) in [6.45, 7) is 6.49. The highest BCUT2D eigenvalue weighted by Crippen LogP contribution is 2.37. The van der Waals surface area contributed by atoms with Gasteiger partial charge in [-0.15, -0.1) is 0 Å². The second kappa shape index (κ2) is 8.12. The molecular formula is C15H22F3NO2. The lowest BCUT2D eigenvalue weighted by atomic mass is 10.1. The molecule has 1 aromatic carbocycles. The number of alkyl halides is 3. The highest BCUT2D eigenvalue weighted by atomic mass is 19.4. The predicted octanol–water partition coefficient (Wildman–Crippen LogP) is 4.09. The molecule has 1 unspecified atom stereocenters. The molecule has 1 N–H and O–H groups in total. The molecule has 120 valence electrons. The van der Waals surface area contributed by atoms with Crippen LogP contribution >= 0.6 is 0 Å². The van der Waals surface area contributed by atoms with Gasteiger partial charge in [-0.3, -0.25) is 0 Å². The van der Waals surface area contributed by atoms with E-state index in [9.17, 15) is 13.2 Å². The zero-order valence-electron chi connectivity index (χ0n) is 12.6. The minimum absolute atomic E-state index is 0.128. The molecule has 0 radical (unpaired) electrons. The van der Waals surface area contributed by atoms with Gasteiger partial charge in [-0.05, 0) is 44.5 Å². The minimum atomic E-state index is -4.36. The van der Waals surface area contributed by atoms with Crippen LogP contribution in [0.4, 0.5) is 13.2 Å². The maximum Gasteiger partial charge on any atom is 0.407 e. The fourth-order valence-corrected chi connectivity index (χ4v) is 1.96. The molecule has 0 heterocycles. The Kier molecular flexibility index (Phi) is 6.81. The van der Waals surface area contributed by atoms with E-state index in [-0.39, 0.29) is 5.56 Å². The van der Waals surface area contributed by atoms with Crippen LogP contribution in [0.25, 0.3) is 0 Å². The van der Waals surface area contributed by atoms with Crippen molar-refractivity contribution in [2.24, 2.45) is 0 Å². The quantitative estimate of drug-likeness (QED) is 0.785. The van der Waals surface area contributed by atoms with Gasteiger partial charge in [0, 0.05) is 0 Å². The Morgan fingerprint density at radius 3 is 2.19 bits per heavy atom. The van der Waals surface area contributed by atoms with E-state index in [1.165, 1.54) is 18.2 Å². The van der Waals surface area contributed by atoms with Gasteiger partial charge >= 0.3 is 6.18 Å². The van der Waals surface area contributed by atoms with Gasteiger partial charge in [0.1, 0.15) is 6.04 Å². The predicted molar refractivity (Wildman–Crippen MR) is 75.9 cm³/mol. The van der Waals surface area contributed by atoms with Gasteiger partial charge in [0.2, 0.25) is 0 Å².